The minimum atomic E-state index is -0.381. The third-order valence-electron chi connectivity index (χ3n) is 5.27. The Balaban J connectivity index is 1.57. The molecule has 1 saturated carbocycles. The molecule has 1 aliphatic rings. The van der Waals surface area contributed by atoms with Gasteiger partial charge in [-0.15, -0.1) is 0 Å². The fraction of sp³-hybridized carbons (Fsp3) is 0.619. The molecule has 2 rings (SSSR count). The Kier molecular flexibility index (Phi) is 8.43. The van der Waals surface area contributed by atoms with Crippen LogP contribution in [-0.2, 0) is 14.3 Å². The molecular weight excluding hydrogens is 346 g/mol. The number of carbonyl (C=O) groups is 2. The highest BCUT2D eigenvalue weighted by Crippen LogP contribution is 2.29. The maximum Gasteiger partial charge on any atom is 0.306 e. The normalized spacial score (nSPS) is 22.0. The van der Waals surface area contributed by atoms with Crippen LogP contribution in [0.2, 0.25) is 0 Å². The van der Waals surface area contributed by atoms with Gasteiger partial charge in [0.15, 0.2) is 6.61 Å². The van der Waals surface area contributed by atoms with Crippen molar-refractivity contribution in [2.24, 2.45) is 11.8 Å². The molecule has 1 aromatic rings. The molecule has 6 heteroatoms. The zero-order valence-electron chi connectivity index (χ0n) is 16.5. The number of nitrogens with one attached hydrogen (secondary N) is 1. The summed E-state index contributed by atoms with van der Waals surface area (Å²) in [5.41, 5.74) is 0. The summed E-state index contributed by atoms with van der Waals surface area (Å²) in [6.45, 7) is 4.58. The number of methoxy groups -OCH3 is 1. The van der Waals surface area contributed by atoms with Crippen molar-refractivity contribution in [2.75, 3.05) is 20.3 Å². The molecule has 1 aromatic carbocycles. The predicted octanol–water partition coefficient (Wildman–Crippen LogP) is 3.34. The SMILES string of the molecule is COc1ccc(OCCCC(=O)OCC(=O)NC2CCCC(C)C2C)cc1. The highest BCUT2D eigenvalue weighted by atomic mass is 16.5. The Labute approximate surface area is 161 Å². The molecular formula is C21H31NO5. The van der Waals surface area contributed by atoms with E-state index < -0.39 is 0 Å². The number of esters is 1. The molecule has 0 aliphatic heterocycles. The van der Waals surface area contributed by atoms with Crippen LogP contribution in [-0.4, -0.2) is 38.2 Å². The number of amides is 1. The van der Waals surface area contributed by atoms with Crippen LogP contribution < -0.4 is 14.8 Å². The lowest BCUT2D eigenvalue weighted by atomic mass is 9.78. The van der Waals surface area contributed by atoms with Crippen LogP contribution in [0.15, 0.2) is 24.3 Å². The first-order valence-corrected chi connectivity index (χ1v) is 9.71. The van der Waals surface area contributed by atoms with Crippen molar-refractivity contribution in [1.82, 2.24) is 5.32 Å². The van der Waals surface area contributed by atoms with Crippen LogP contribution in [0.5, 0.6) is 11.5 Å². The topological polar surface area (TPSA) is 73.9 Å². The number of ether oxygens (including phenoxy) is 3. The van der Waals surface area contributed by atoms with E-state index in [-0.39, 0.29) is 30.9 Å². The second-order valence-corrected chi connectivity index (χ2v) is 7.23. The molecule has 6 nitrogen and oxygen atoms in total. The second-order valence-electron chi connectivity index (χ2n) is 7.23. The van der Waals surface area contributed by atoms with Gasteiger partial charge in [-0.1, -0.05) is 26.7 Å². The number of benzene rings is 1. The fourth-order valence-corrected chi connectivity index (χ4v) is 3.33. The number of rotatable bonds is 9. The summed E-state index contributed by atoms with van der Waals surface area (Å²) in [5.74, 6) is 1.95. The molecule has 0 spiro atoms. The van der Waals surface area contributed by atoms with E-state index in [1.807, 2.05) is 24.3 Å². The van der Waals surface area contributed by atoms with E-state index in [1.54, 1.807) is 7.11 Å². The lowest BCUT2D eigenvalue weighted by Gasteiger charge is -2.34. The van der Waals surface area contributed by atoms with Crippen molar-refractivity contribution < 1.29 is 23.8 Å². The Morgan fingerprint density at radius 2 is 1.81 bits per heavy atom. The van der Waals surface area contributed by atoms with Gasteiger partial charge in [-0.2, -0.15) is 0 Å². The van der Waals surface area contributed by atoms with Gasteiger partial charge in [0.2, 0.25) is 0 Å². The smallest absolute Gasteiger partial charge is 0.306 e. The zero-order valence-corrected chi connectivity index (χ0v) is 16.5. The van der Waals surface area contributed by atoms with E-state index in [1.165, 1.54) is 6.42 Å². The van der Waals surface area contributed by atoms with E-state index in [9.17, 15) is 9.59 Å². The van der Waals surface area contributed by atoms with Gasteiger partial charge >= 0.3 is 5.97 Å². The van der Waals surface area contributed by atoms with Crippen molar-refractivity contribution in [3.63, 3.8) is 0 Å². The second kappa shape index (κ2) is 10.8. The van der Waals surface area contributed by atoms with Crippen molar-refractivity contribution in [1.29, 1.82) is 0 Å². The molecule has 3 unspecified atom stereocenters. The van der Waals surface area contributed by atoms with Gasteiger partial charge in [0.25, 0.3) is 5.91 Å². The van der Waals surface area contributed by atoms with Gasteiger partial charge in [-0.25, -0.2) is 0 Å². The summed E-state index contributed by atoms with van der Waals surface area (Å²) in [7, 11) is 1.61. The van der Waals surface area contributed by atoms with Crippen LogP contribution in [0.25, 0.3) is 0 Å². The molecule has 0 radical (unpaired) electrons. The predicted molar refractivity (Wildman–Crippen MR) is 103 cm³/mol. The fourth-order valence-electron chi connectivity index (χ4n) is 3.33. The number of carbonyl (C=O) groups excluding carboxylic acids is 2. The summed E-state index contributed by atoms with van der Waals surface area (Å²) in [6.07, 6.45) is 4.09. The third-order valence-corrected chi connectivity index (χ3v) is 5.27. The third kappa shape index (κ3) is 7.12. The van der Waals surface area contributed by atoms with Crippen LogP contribution in [0, 0.1) is 11.8 Å². The van der Waals surface area contributed by atoms with Crippen LogP contribution in [0.3, 0.4) is 0 Å². The van der Waals surface area contributed by atoms with E-state index in [0.717, 1.165) is 24.3 Å². The molecule has 0 bridgehead atoms. The minimum absolute atomic E-state index is 0.179. The summed E-state index contributed by atoms with van der Waals surface area (Å²) >= 11 is 0. The first kappa shape index (κ1) is 21.1. The molecule has 3 atom stereocenters. The van der Waals surface area contributed by atoms with Crippen molar-refractivity contribution in [2.45, 2.75) is 52.0 Å². The molecule has 1 fully saturated rings. The first-order chi connectivity index (χ1) is 13.0. The average Bonchev–Trinajstić information content (AvgIpc) is 2.67. The summed E-state index contributed by atoms with van der Waals surface area (Å²) in [6, 6.07) is 7.44. The minimum Gasteiger partial charge on any atom is -0.497 e. The molecule has 0 aromatic heterocycles. The lowest BCUT2D eigenvalue weighted by Crippen LogP contribution is -2.45. The molecule has 150 valence electrons. The van der Waals surface area contributed by atoms with Gasteiger partial charge in [0.05, 0.1) is 13.7 Å². The molecule has 1 aliphatic carbocycles. The molecule has 27 heavy (non-hydrogen) atoms. The summed E-state index contributed by atoms with van der Waals surface area (Å²) < 4.78 is 15.7. The van der Waals surface area contributed by atoms with Crippen LogP contribution in [0.1, 0.15) is 46.0 Å². The maximum absolute atomic E-state index is 12.0. The Morgan fingerprint density at radius 1 is 1.11 bits per heavy atom. The molecule has 0 saturated heterocycles. The van der Waals surface area contributed by atoms with Crippen LogP contribution >= 0.6 is 0 Å². The van der Waals surface area contributed by atoms with Gasteiger partial charge in [-0.3, -0.25) is 9.59 Å². The molecule has 1 amide bonds. The maximum atomic E-state index is 12.0. The van der Waals surface area contributed by atoms with E-state index in [0.29, 0.717) is 24.9 Å². The van der Waals surface area contributed by atoms with Gasteiger partial charge in [-0.05, 0) is 48.9 Å². The van der Waals surface area contributed by atoms with Crippen molar-refractivity contribution in [3.05, 3.63) is 24.3 Å². The largest absolute Gasteiger partial charge is 0.497 e. The van der Waals surface area contributed by atoms with Gasteiger partial charge in [0.1, 0.15) is 11.5 Å². The monoisotopic (exact) mass is 377 g/mol. The van der Waals surface area contributed by atoms with E-state index in [4.69, 9.17) is 14.2 Å². The van der Waals surface area contributed by atoms with E-state index in [2.05, 4.69) is 19.2 Å². The zero-order chi connectivity index (χ0) is 19.6. The molecule has 0 heterocycles. The Bertz CT molecular complexity index is 601. The van der Waals surface area contributed by atoms with Crippen molar-refractivity contribution in [3.8, 4) is 11.5 Å². The number of hydrogen-bond donors (Lipinski definition) is 1. The standard InChI is InChI=1S/C21H31NO5/c1-15-6-4-7-19(16(15)2)22-20(23)14-27-21(24)8-5-13-26-18-11-9-17(25-3)10-12-18/h9-12,15-16,19H,4-8,13-14H2,1-3H3,(H,22,23). The highest BCUT2D eigenvalue weighted by molar-refractivity contribution is 5.80. The Morgan fingerprint density at radius 3 is 2.52 bits per heavy atom. The first-order valence-electron chi connectivity index (χ1n) is 9.71. The van der Waals surface area contributed by atoms with Crippen molar-refractivity contribution >= 4 is 11.9 Å². The lowest BCUT2D eigenvalue weighted by molar-refractivity contribution is -0.149. The quantitative estimate of drug-likeness (QED) is 0.528. The highest BCUT2D eigenvalue weighted by Gasteiger charge is 2.28. The molecule has 1 N–H and O–H groups in total. The average molecular weight is 377 g/mol. The summed E-state index contributed by atoms with van der Waals surface area (Å²) in [4.78, 5) is 23.8. The van der Waals surface area contributed by atoms with Crippen LogP contribution in [0.4, 0.5) is 0 Å². The van der Waals surface area contributed by atoms with Gasteiger partial charge in [0, 0.05) is 12.5 Å². The van der Waals surface area contributed by atoms with E-state index >= 15 is 0 Å². The Hall–Kier alpha value is -2.24. The number of hydrogen-bond acceptors (Lipinski definition) is 5. The van der Waals surface area contributed by atoms with Gasteiger partial charge < -0.3 is 19.5 Å². The summed E-state index contributed by atoms with van der Waals surface area (Å²) in [5, 5.41) is 3.00.